The van der Waals surface area contributed by atoms with Crippen molar-refractivity contribution in [2.45, 2.75) is 31.7 Å². The molecule has 0 radical (unpaired) electrons. The predicted molar refractivity (Wildman–Crippen MR) is 65.1 cm³/mol. The van der Waals surface area contributed by atoms with E-state index in [4.69, 9.17) is 5.26 Å². The highest BCUT2D eigenvalue weighted by molar-refractivity contribution is 5.22. The molecule has 1 atom stereocenters. The minimum Gasteiger partial charge on any atom is -0.298 e. The summed E-state index contributed by atoms with van der Waals surface area (Å²) >= 11 is 0. The molecular weight excluding hydrogens is 196 g/mol. The zero-order chi connectivity index (χ0) is 11.4. The average Bonchev–Trinajstić information content (AvgIpc) is 2.27. The van der Waals surface area contributed by atoms with Gasteiger partial charge in [-0.2, -0.15) is 5.26 Å². The Bertz CT molecular complexity index is 360. The summed E-state index contributed by atoms with van der Waals surface area (Å²) in [4.78, 5) is 2.43. The molecule has 1 aromatic carbocycles. The van der Waals surface area contributed by atoms with Crippen LogP contribution in [-0.4, -0.2) is 24.0 Å². The topological polar surface area (TPSA) is 27.0 Å². The maximum absolute atomic E-state index is 8.74. The quantitative estimate of drug-likeness (QED) is 0.770. The first-order valence-corrected chi connectivity index (χ1v) is 6.01. The second-order valence-corrected chi connectivity index (χ2v) is 4.49. The van der Waals surface area contributed by atoms with Crippen LogP contribution in [0, 0.1) is 11.3 Å². The third-order valence-corrected chi connectivity index (χ3v) is 3.50. The summed E-state index contributed by atoms with van der Waals surface area (Å²) in [6.07, 6.45) is 1.74. The van der Waals surface area contributed by atoms with Crippen LogP contribution in [0.2, 0.25) is 0 Å². The SMILES string of the molecule is CCC(CC#N)N1CC(c2ccccc2)C1. The van der Waals surface area contributed by atoms with Gasteiger partial charge in [0, 0.05) is 25.0 Å². The van der Waals surface area contributed by atoms with Crippen LogP contribution in [0.25, 0.3) is 0 Å². The van der Waals surface area contributed by atoms with Crippen LogP contribution in [-0.2, 0) is 0 Å². The zero-order valence-corrected chi connectivity index (χ0v) is 9.76. The molecule has 16 heavy (non-hydrogen) atoms. The Morgan fingerprint density at radius 2 is 2.06 bits per heavy atom. The maximum Gasteiger partial charge on any atom is 0.0638 e. The first kappa shape index (κ1) is 11.2. The van der Waals surface area contributed by atoms with Crippen molar-refractivity contribution < 1.29 is 0 Å². The monoisotopic (exact) mass is 214 g/mol. The highest BCUT2D eigenvalue weighted by Gasteiger charge is 2.31. The van der Waals surface area contributed by atoms with E-state index in [9.17, 15) is 0 Å². The number of benzene rings is 1. The average molecular weight is 214 g/mol. The molecule has 0 saturated carbocycles. The number of rotatable bonds is 4. The molecule has 2 nitrogen and oxygen atoms in total. The van der Waals surface area contributed by atoms with Crippen molar-refractivity contribution in [2.75, 3.05) is 13.1 Å². The molecule has 0 spiro atoms. The molecule has 1 aliphatic heterocycles. The Balaban J connectivity index is 1.88. The molecule has 0 aromatic heterocycles. The molecule has 1 aromatic rings. The smallest absolute Gasteiger partial charge is 0.0638 e. The van der Waals surface area contributed by atoms with Gasteiger partial charge in [0.1, 0.15) is 0 Å². The Hall–Kier alpha value is -1.33. The van der Waals surface area contributed by atoms with Gasteiger partial charge in [-0.05, 0) is 12.0 Å². The summed E-state index contributed by atoms with van der Waals surface area (Å²) in [5.74, 6) is 0.675. The lowest BCUT2D eigenvalue weighted by Crippen LogP contribution is -2.50. The maximum atomic E-state index is 8.74. The van der Waals surface area contributed by atoms with E-state index in [-0.39, 0.29) is 0 Å². The number of likely N-dealkylation sites (tertiary alicyclic amines) is 1. The summed E-state index contributed by atoms with van der Waals surface area (Å²) in [5.41, 5.74) is 1.44. The number of hydrogen-bond donors (Lipinski definition) is 0. The molecule has 1 heterocycles. The first-order valence-electron chi connectivity index (χ1n) is 6.01. The van der Waals surface area contributed by atoms with E-state index < -0.39 is 0 Å². The lowest BCUT2D eigenvalue weighted by molar-refractivity contribution is 0.0907. The van der Waals surface area contributed by atoms with Gasteiger partial charge in [0.15, 0.2) is 0 Å². The van der Waals surface area contributed by atoms with Crippen molar-refractivity contribution in [2.24, 2.45) is 0 Å². The minimum atomic E-state index is 0.463. The van der Waals surface area contributed by atoms with Crippen molar-refractivity contribution in [3.63, 3.8) is 0 Å². The first-order chi connectivity index (χ1) is 7.85. The van der Waals surface area contributed by atoms with Gasteiger partial charge < -0.3 is 0 Å². The Morgan fingerprint density at radius 1 is 1.38 bits per heavy atom. The van der Waals surface area contributed by atoms with E-state index in [1.807, 2.05) is 0 Å². The van der Waals surface area contributed by atoms with Crippen molar-refractivity contribution in [3.8, 4) is 6.07 Å². The van der Waals surface area contributed by atoms with Crippen LogP contribution < -0.4 is 0 Å². The van der Waals surface area contributed by atoms with Crippen LogP contribution in [0.3, 0.4) is 0 Å². The highest BCUT2D eigenvalue weighted by atomic mass is 15.2. The third kappa shape index (κ3) is 2.25. The fourth-order valence-electron chi connectivity index (χ4n) is 2.38. The molecule has 1 unspecified atom stereocenters. The Kier molecular flexibility index (Phi) is 3.58. The summed E-state index contributed by atoms with van der Waals surface area (Å²) in [5, 5.41) is 8.74. The predicted octanol–water partition coefficient (Wildman–Crippen LogP) is 2.78. The molecule has 84 valence electrons. The van der Waals surface area contributed by atoms with Gasteiger partial charge in [-0.25, -0.2) is 0 Å². The van der Waals surface area contributed by atoms with E-state index in [1.54, 1.807) is 0 Å². The van der Waals surface area contributed by atoms with Crippen molar-refractivity contribution in [1.82, 2.24) is 4.90 Å². The summed E-state index contributed by atoms with van der Waals surface area (Å²) < 4.78 is 0. The van der Waals surface area contributed by atoms with E-state index in [1.165, 1.54) is 5.56 Å². The minimum absolute atomic E-state index is 0.463. The van der Waals surface area contributed by atoms with Crippen LogP contribution in [0.1, 0.15) is 31.2 Å². The molecule has 1 saturated heterocycles. The molecule has 0 aliphatic carbocycles. The van der Waals surface area contributed by atoms with E-state index in [2.05, 4.69) is 48.2 Å². The van der Waals surface area contributed by atoms with Gasteiger partial charge in [-0.15, -0.1) is 0 Å². The molecule has 2 heteroatoms. The van der Waals surface area contributed by atoms with E-state index in [0.717, 1.165) is 19.5 Å². The fraction of sp³-hybridized carbons (Fsp3) is 0.500. The van der Waals surface area contributed by atoms with Gasteiger partial charge in [0.25, 0.3) is 0 Å². The van der Waals surface area contributed by atoms with Gasteiger partial charge in [-0.1, -0.05) is 37.3 Å². The molecule has 0 amide bonds. The van der Waals surface area contributed by atoms with Crippen molar-refractivity contribution in [1.29, 1.82) is 5.26 Å². The van der Waals surface area contributed by atoms with Gasteiger partial charge in [0.05, 0.1) is 12.5 Å². The molecule has 1 aliphatic rings. The normalized spacial score (nSPS) is 18.8. The molecule has 0 bridgehead atoms. The van der Waals surface area contributed by atoms with Crippen LogP contribution in [0.5, 0.6) is 0 Å². The van der Waals surface area contributed by atoms with Crippen molar-refractivity contribution >= 4 is 0 Å². The van der Waals surface area contributed by atoms with Crippen LogP contribution in [0.15, 0.2) is 30.3 Å². The van der Waals surface area contributed by atoms with Gasteiger partial charge in [0.2, 0.25) is 0 Å². The summed E-state index contributed by atoms with van der Waals surface area (Å²) in [6.45, 7) is 4.40. The summed E-state index contributed by atoms with van der Waals surface area (Å²) in [7, 11) is 0. The molecular formula is C14H18N2. The van der Waals surface area contributed by atoms with Crippen LogP contribution >= 0.6 is 0 Å². The number of nitriles is 1. The second-order valence-electron chi connectivity index (χ2n) is 4.49. The fourth-order valence-corrected chi connectivity index (χ4v) is 2.38. The lowest BCUT2D eigenvalue weighted by atomic mass is 9.89. The van der Waals surface area contributed by atoms with E-state index in [0.29, 0.717) is 18.4 Å². The molecule has 2 rings (SSSR count). The van der Waals surface area contributed by atoms with Gasteiger partial charge in [-0.3, -0.25) is 4.90 Å². The molecule has 0 N–H and O–H groups in total. The van der Waals surface area contributed by atoms with Gasteiger partial charge >= 0.3 is 0 Å². The second kappa shape index (κ2) is 5.14. The van der Waals surface area contributed by atoms with Crippen LogP contribution in [0.4, 0.5) is 0 Å². The highest BCUT2D eigenvalue weighted by Crippen LogP contribution is 2.29. The molecule has 1 fully saturated rings. The van der Waals surface area contributed by atoms with Crippen molar-refractivity contribution in [3.05, 3.63) is 35.9 Å². The number of hydrogen-bond acceptors (Lipinski definition) is 2. The van der Waals surface area contributed by atoms with E-state index >= 15 is 0 Å². The number of nitrogens with zero attached hydrogens (tertiary/aromatic N) is 2. The largest absolute Gasteiger partial charge is 0.298 e. The third-order valence-electron chi connectivity index (χ3n) is 3.50. The standard InChI is InChI=1S/C14H18N2/c1-2-14(8-9-15)16-10-13(11-16)12-6-4-3-5-7-12/h3-7,13-14H,2,8,10-11H2,1H3. The zero-order valence-electron chi connectivity index (χ0n) is 9.76. The summed E-state index contributed by atoms with van der Waals surface area (Å²) in [6, 6.07) is 13.4. The Labute approximate surface area is 97.5 Å². The lowest BCUT2D eigenvalue weighted by Gasteiger charge is -2.44. The Morgan fingerprint density at radius 3 is 2.62 bits per heavy atom.